The van der Waals surface area contributed by atoms with Gasteiger partial charge in [0.05, 0.1) is 26.4 Å². The second-order valence-electron chi connectivity index (χ2n) is 9.17. The molecule has 10 heteroatoms. The molecule has 2 aromatic rings. The normalized spacial score (nSPS) is 20.3. The van der Waals surface area contributed by atoms with Crippen LogP contribution < -0.4 is 20.4 Å². The van der Waals surface area contributed by atoms with Crippen LogP contribution in [-0.4, -0.2) is 87.4 Å². The summed E-state index contributed by atoms with van der Waals surface area (Å²) >= 11 is 5.70. The van der Waals surface area contributed by atoms with Gasteiger partial charge in [-0.2, -0.15) is 9.97 Å². The lowest BCUT2D eigenvalue weighted by atomic mass is 9.74. The molecule has 0 spiro atoms. The van der Waals surface area contributed by atoms with Crippen LogP contribution in [-0.2, 0) is 19.6 Å². The highest BCUT2D eigenvalue weighted by molar-refractivity contribution is 7.80. The van der Waals surface area contributed by atoms with Crippen molar-refractivity contribution in [2.24, 2.45) is 0 Å². The van der Waals surface area contributed by atoms with Crippen molar-refractivity contribution in [1.29, 1.82) is 0 Å². The molecule has 9 nitrogen and oxygen atoms in total. The van der Waals surface area contributed by atoms with E-state index in [9.17, 15) is 0 Å². The fraction of sp³-hybridized carbons (Fsp3) is 0.560. The molecule has 1 aromatic carbocycles. The Morgan fingerprint density at radius 2 is 1.37 bits per heavy atom. The van der Waals surface area contributed by atoms with Gasteiger partial charge in [-0.05, 0) is 30.6 Å². The molecule has 5 rings (SSSR count). The van der Waals surface area contributed by atoms with Gasteiger partial charge in [0.1, 0.15) is 11.6 Å². The number of aromatic nitrogens is 2. The second kappa shape index (κ2) is 11.5. The van der Waals surface area contributed by atoms with Gasteiger partial charge in [0.15, 0.2) is 5.11 Å². The van der Waals surface area contributed by atoms with Gasteiger partial charge in [-0.3, -0.25) is 0 Å². The average Bonchev–Trinajstić information content (AvgIpc) is 2.94. The number of ether oxygens (including phenoxy) is 3. The molecule has 0 saturated carbocycles. The van der Waals surface area contributed by atoms with Crippen molar-refractivity contribution in [3.05, 3.63) is 42.0 Å². The number of benzene rings is 1. The Morgan fingerprint density at radius 1 is 0.829 bits per heavy atom. The van der Waals surface area contributed by atoms with E-state index in [0.717, 1.165) is 70.4 Å². The number of hydrogen-bond donors (Lipinski definition) is 2. The first-order valence-electron chi connectivity index (χ1n) is 12.4. The van der Waals surface area contributed by atoms with Crippen LogP contribution >= 0.6 is 12.2 Å². The van der Waals surface area contributed by atoms with Crippen molar-refractivity contribution in [2.45, 2.75) is 18.3 Å². The van der Waals surface area contributed by atoms with Gasteiger partial charge in [-0.25, -0.2) is 0 Å². The lowest BCUT2D eigenvalue weighted by molar-refractivity contribution is 0.0515. The van der Waals surface area contributed by atoms with Crippen LogP contribution in [0.5, 0.6) is 0 Å². The fourth-order valence-electron chi connectivity index (χ4n) is 4.90. The van der Waals surface area contributed by atoms with Crippen LogP contribution in [0.2, 0.25) is 0 Å². The van der Waals surface area contributed by atoms with Crippen LogP contribution in [0.1, 0.15) is 18.4 Å². The highest BCUT2D eigenvalue weighted by Gasteiger charge is 2.34. The summed E-state index contributed by atoms with van der Waals surface area (Å²) in [5, 5.41) is 7.24. The number of anilines is 3. The molecule has 3 aliphatic heterocycles. The fourth-order valence-corrected chi connectivity index (χ4v) is 5.07. The molecule has 4 heterocycles. The van der Waals surface area contributed by atoms with Gasteiger partial charge in [0, 0.05) is 57.4 Å². The number of hydrogen-bond acceptors (Lipinski definition) is 8. The monoisotopic (exact) mass is 498 g/mol. The minimum Gasteiger partial charge on any atom is -0.381 e. The van der Waals surface area contributed by atoms with Crippen molar-refractivity contribution in [3.63, 3.8) is 0 Å². The topological polar surface area (TPSA) is 84.0 Å². The summed E-state index contributed by atoms with van der Waals surface area (Å²) < 4.78 is 16.7. The number of rotatable bonds is 6. The molecule has 0 radical (unpaired) electrons. The maximum atomic E-state index is 5.70. The summed E-state index contributed by atoms with van der Waals surface area (Å²) in [4.78, 5) is 14.1. The van der Waals surface area contributed by atoms with Crippen LogP contribution in [0.4, 0.5) is 17.6 Å². The third kappa shape index (κ3) is 6.00. The molecule has 3 aliphatic rings. The maximum absolute atomic E-state index is 5.70. The molecule has 188 valence electrons. The number of nitrogens with one attached hydrogen (secondary N) is 2. The summed E-state index contributed by atoms with van der Waals surface area (Å²) in [5.41, 5.74) is 1.31. The molecule has 3 fully saturated rings. The Balaban J connectivity index is 1.31. The predicted molar refractivity (Wildman–Crippen MR) is 140 cm³/mol. The molecule has 0 aliphatic carbocycles. The zero-order valence-corrected chi connectivity index (χ0v) is 20.9. The van der Waals surface area contributed by atoms with E-state index < -0.39 is 0 Å². The van der Waals surface area contributed by atoms with Crippen LogP contribution in [0, 0.1) is 0 Å². The molecule has 35 heavy (non-hydrogen) atoms. The third-order valence-electron chi connectivity index (χ3n) is 7.02. The van der Waals surface area contributed by atoms with Crippen LogP contribution in [0.3, 0.4) is 0 Å². The van der Waals surface area contributed by atoms with Gasteiger partial charge < -0.3 is 34.6 Å². The van der Waals surface area contributed by atoms with Gasteiger partial charge >= 0.3 is 0 Å². The van der Waals surface area contributed by atoms with E-state index in [-0.39, 0.29) is 5.41 Å². The van der Waals surface area contributed by atoms with Crippen molar-refractivity contribution in [2.75, 3.05) is 87.5 Å². The molecule has 0 bridgehead atoms. The van der Waals surface area contributed by atoms with E-state index in [1.165, 1.54) is 5.56 Å². The molecule has 1 aromatic heterocycles. The minimum absolute atomic E-state index is 0.0132. The second-order valence-corrected chi connectivity index (χ2v) is 9.58. The Labute approximate surface area is 212 Å². The van der Waals surface area contributed by atoms with Crippen LogP contribution in [0.25, 0.3) is 0 Å². The standard InChI is InChI=1S/C25H34N6O3S/c35-24(26-19-25(6-12-32-13-7-25)20-4-2-1-3-5-20)29-23-27-21(30-8-14-33-15-9-30)18-22(28-23)31-10-16-34-17-11-31/h1-5,18H,6-17,19H2,(H2,26,27,28,29,35). The first kappa shape index (κ1) is 24.2. The Hall–Kier alpha value is -2.53. The van der Waals surface area contributed by atoms with Crippen molar-refractivity contribution in [1.82, 2.24) is 15.3 Å². The largest absolute Gasteiger partial charge is 0.381 e. The molecule has 0 unspecified atom stereocenters. The first-order chi connectivity index (χ1) is 17.2. The highest BCUT2D eigenvalue weighted by atomic mass is 32.1. The van der Waals surface area contributed by atoms with E-state index in [1.807, 2.05) is 0 Å². The summed E-state index contributed by atoms with van der Waals surface area (Å²) in [6.45, 7) is 8.27. The Morgan fingerprint density at radius 3 is 1.94 bits per heavy atom. The van der Waals surface area contributed by atoms with Crippen LogP contribution in [0.15, 0.2) is 36.4 Å². The Kier molecular flexibility index (Phi) is 7.92. The number of morpholine rings is 2. The smallest absolute Gasteiger partial charge is 0.232 e. The Bertz CT molecular complexity index is 940. The molecular formula is C25H34N6O3S. The molecule has 2 N–H and O–H groups in total. The first-order valence-corrected chi connectivity index (χ1v) is 12.9. The van der Waals surface area contributed by atoms with Gasteiger partial charge in [0.2, 0.25) is 5.95 Å². The molecule has 0 amide bonds. The SMILES string of the molecule is S=C(NCC1(c2ccccc2)CCOCC1)Nc1nc(N2CCOCC2)cc(N2CCOCC2)n1. The summed E-state index contributed by atoms with van der Waals surface area (Å²) in [6, 6.07) is 12.7. The molecular weight excluding hydrogens is 464 g/mol. The van der Waals surface area contributed by atoms with E-state index >= 15 is 0 Å². The van der Waals surface area contributed by atoms with Crippen molar-refractivity contribution >= 4 is 34.9 Å². The molecule has 3 saturated heterocycles. The van der Waals surface area contributed by atoms with E-state index in [1.54, 1.807) is 0 Å². The minimum atomic E-state index is -0.0132. The summed E-state index contributed by atoms with van der Waals surface area (Å²) in [5.74, 6) is 2.29. The lowest BCUT2D eigenvalue weighted by Crippen LogP contribution is -2.45. The van der Waals surface area contributed by atoms with Gasteiger partial charge in [-0.15, -0.1) is 0 Å². The average molecular weight is 499 g/mol. The number of thiocarbonyl (C=S) groups is 1. The van der Waals surface area contributed by atoms with E-state index in [0.29, 0.717) is 37.5 Å². The van der Waals surface area contributed by atoms with Gasteiger partial charge in [0.25, 0.3) is 0 Å². The third-order valence-corrected chi connectivity index (χ3v) is 7.26. The highest BCUT2D eigenvalue weighted by Crippen LogP contribution is 2.34. The maximum Gasteiger partial charge on any atom is 0.232 e. The summed E-state index contributed by atoms with van der Waals surface area (Å²) in [6.07, 6.45) is 1.91. The van der Waals surface area contributed by atoms with Gasteiger partial charge in [-0.1, -0.05) is 30.3 Å². The zero-order valence-electron chi connectivity index (χ0n) is 20.1. The van der Waals surface area contributed by atoms with Crippen molar-refractivity contribution < 1.29 is 14.2 Å². The van der Waals surface area contributed by atoms with E-state index in [2.05, 4.69) is 56.8 Å². The lowest BCUT2D eigenvalue weighted by Gasteiger charge is -2.38. The summed E-state index contributed by atoms with van der Waals surface area (Å²) in [7, 11) is 0. The van der Waals surface area contributed by atoms with Crippen molar-refractivity contribution in [3.8, 4) is 0 Å². The number of nitrogens with zero attached hydrogens (tertiary/aromatic N) is 4. The molecule has 0 atom stereocenters. The zero-order chi connectivity index (χ0) is 23.9. The predicted octanol–water partition coefficient (Wildman–Crippen LogP) is 2.18. The quantitative estimate of drug-likeness (QED) is 0.578. The van der Waals surface area contributed by atoms with E-state index in [4.69, 9.17) is 36.4 Å².